The molecule has 2 aromatic carbocycles. The fourth-order valence-electron chi connectivity index (χ4n) is 5.26. The van der Waals surface area contributed by atoms with Crippen molar-refractivity contribution < 1.29 is 9.53 Å². The maximum Gasteiger partial charge on any atom is 0.410 e. The van der Waals surface area contributed by atoms with Crippen LogP contribution < -0.4 is 9.80 Å². The van der Waals surface area contributed by atoms with Crippen LogP contribution in [0, 0.1) is 5.92 Å². The number of benzene rings is 2. The Labute approximate surface area is 185 Å². The number of hydrogen-bond donors (Lipinski definition) is 0. The number of nitrogens with zero attached hydrogens (tertiary/aromatic N) is 3. The SMILES string of the molecule is CC(C)(C)OC(=O)N1CC2CC2(c2ccc(N3CCN(c4ccccc4)CC3)cc2)C1. The van der Waals surface area contributed by atoms with Crippen LogP contribution in [0.15, 0.2) is 54.6 Å². The molecule has 2 aliphatic heterocycles. The third-order valence-corrected chi connectivity index (χ3v) is 7.01. The van der Waals surface area contributed by atoms with Gasteiger partial charge in [-0.15, -0.1) is 0 Å². The molecule has 0 spiro atoms. The molecule has 3 aliphatic rings. The van der Waals surface area contributed by atoms with Crippen LogP contribution in [0.5, 0.6) is 0 Å². The molecule has 0 aromatic heterocycles. The van der Waals surface area contributed by atoms with Gasteiger partial charge >= 0.3 is 6.09 Å². The second kappa shape index (κ2) is 7.47. The monoisotopic (exact) mass is 419 g/mol. The van der Waals surface area contributed by atoms with Gasteiger partial charge in [0.05, 0.1) is 0 Å². The fourth-order valence-corrected chi connectivity index (χ4v) is 5.26. The minimum absolute atomic E-state index is 0.140. The summed E-state index contributed by atoms with van der Waals surface area (Å²) in [4.78, 5) is 19.3. The third-order valence-electron chi connectivity index (χ3n) is 7.01. The van der Waals surface area contributed by atoms with Crippen molar-refractivity contribution in [3.63, 3.8) is 0 Å². The molecule has 0 N–H and O–H groups in total. The minimum Gasteiger partial charge on any atom is -0.444 e. The molecular formula is C26H33N3O2. The second-order valence-electron chi connectivity index (χ2n) is 10.3. The summed E-state index contributed by atoms with van der Waals surface area (Å²) in [5, 5.41) is 0. The van der Waals surface area contributed by atoms with Gasteiger partial charge in [0, 0.05) is 56.1 Å². The molecule has 5 rings (SSSR count). The first-order valence-corrected chi connectivity index (χ1v) is 11.5. The number of carbonyl (C=O) groups is 1. The average molecular weight is 420 g/mol. The molecule has 2 aromatic rings. The molecule has 2 saturated heterocycles. The number of piperazine rings is 1. The predicted octanol–water partition coefficient (Wildman–Crippen LogP) is 4.52. The van der Waals surface area contributed by atoms with Crippen molar-refractivity contribution in [3.8, 4) is 0 Å². The summed E-state index contributed by atoms with van der Waals surface area (Å²) in [6.45, 7) is 11.5. The zero-order chi connectivity index (χ0) is 21.6. The molecular weight excluding hydrogens is 386 g/mol. The molecule has 2 atom stereocenters. The van der Waals surface area contributed by atoms with Crippen LogP contribution >= 0.6 is 0 Å². The molecule has 1 amide bonds. The molecule has 2 unspecified atom stereocenters. The van der Waals surface area contributed by atoms with Crippen LogP contribution in [0.4, 0.5) is 16.2 Å². The lowest BCUT2D eigenvalue weighted by atomic mass is 9.94. The van der Waals surface area contributed by atoms with Gasteiger partial charge in [-0.25, -0.2) is 4.79 Å². The number of rotatable bonds is 3. The Morgan fingerprint density at radius 2 is 1.48 bits per heavy atom. The topological polar surface area (TPSA) is 36.0 Å². The second-order valence-corrected chi connectivity index (χ2v) is 10.3. The van der Waals surface area contributed by atoms with E-state index in [1.54, 1.807) is 0 Å². The van der Waals surface area contributed by atoms with Gasteiger partial charge in [-0.3, -0.25) is 0 Å². The normalized spacial score (nSPS) is 25.4. The molecule has 3 fully saturated rings. The van der Waals surface area contributed by atoms with Gasteiger partial charge in [0.1, 0.15) is 5.60 Å². The zero-order valence-electron chi connectivity index (χ0n) is 18.9. The summed E-state index contributed by atoms with van der Waals surface area (Å²) in [6, 6.07) is 19.8. The summed E-state index contributed by atoms with van der Waals surface area (Å²) in [5.74, 6) is 0.570. The predicted molar refractivity (Wildman–Crippen MR) is 125 cm³/mol. The van der Waals surface area contributed by atoms with E-state index in [0.717, 1.165) is 39.3 Å². The van der Waals surface area contributed by atoms with E-state index in [0.29, 0.717) is 5.92 Å². The van der Waals surface area contributed by atoms with E-state index in [1.807, 2.05) is 25.7 Å². The standard InChI is InChI=1S/C26H33N3O2/c1-25(2,3)31-24(30)29-18-21-17-26(21,19-29)20-9-11-23(12-10-20)28-15-13-27(14-16-28)22-7-5-4-6-8-22/h4-12,21H,13-19H2,1-3H3. The van der Waals surface area contributed by atoms with E-state index in [1.165, 1.54) is 23.4 Å². The van der Waals surface area contributed by atoms with Crippen LogP contribution in [0.2, 0.25) is 0 Å². The highest BCUT2D eigenvalue weighted by atomic mass is 16.6. The Morgan fingerprint density at radius 3 is 2.06 bits per heavy atom. The number of carbonyl (C=O) groups excluding carboxylic acids is 1. The smallest absolute Gasteiger partial charge is 0.410 e. The molecule has 2 heterocycles. The quantitative estimate of drug-likeness (QED) is 0.733. The fraction of sp³-hybridized carbons (Fsp3) is 0.500. The van der Waals surface area contributed by atoms with Gasteiger partial charge in [0.25, 0.3) is 0 Å². The van der Waals surface area contributed by atoms with Gasteiger partial charge < -0.3 is 19.4 Å². The maximum atomic E-state index is 12.5. The summed E-state index contributed by atoms with van der Waals surface area (Å²) < 4.78 is 5.59. The van der Waals surface area contributed by atoms with E-state index < -0.39 is 5.60 Å². The lowest BCUT2D eigenvalue weighted by Gasteiger charge is -2.37. The average Bonchev–Trinajstić information content (AvgIpc) is 3.34. The van der Waals surface area contributed by atoms with Gasteiger partial charge in [-0.1, -0.05) is 30.3 Å². The zero-order valence-corrected chi connectivity index (χ0v) is 18.9. The number of hydrogen-bond acceptors (Lipinski definition) is 4. The van der Waals surface area contributed by atoms with E-state index in [9.17, 15) is 4.79 Å². The van der Waals surface area contributed by atoms with Crippen LogP contribution in [0.3, 0.4) is 0 Å². The van der Waals surface area contributed by atoms with Gasteiger partial charge in [0.15, 0.2) is 0 Å². The Balaban J connectivity index is 1.20. The Hall–Kier alpha value is -2.69. The largest absolute Gasteiger partial charge is 0.444 e. The van der Waals surface area contributed by atoms with Crippen LogP contribution in [0.1, 0.15) is 32.8 Å². The summed E-state index contributed by atoms with van der Waals surface area (Å²) in [5.41, 5.74) is 3.68. The number of amides is 1. The maximum absolute atomic E-state index is 12.5. The molecule has 164 valence electrons. The van der Waals surface area contributed by atoms with Crippen LogP contribution in [0.25, 0.3) is 0 Å². The Morgan fingerprint density at radius 1 is 0.903 bits per heavy atom. The third kappa shape index (κ3) is 3.98. The van der Waals surface area contributed by atoms with Crippen molar-refractivity contribution in [2.24, 2.45) is 5.92 Å². The lowest BCUT2D eigenvalue weighted by molar-refractivity contribution is 0.0270. The minimum atomic E-state index is -0.441. The molecule has 1 saturated carbocycles. The van der Waals surface area contributed by atoms with E-state index in [2.05, 4.69) is 64.4 Å². The van der Waals surface area contributed by atoms with E-state index >= 15 is 0 Å². The number of anilines is 2. The first kappa shape index (κ1) is 20.2. The summed E-state index contributed by atoms with van der Waals surface area (Å²) in [6.07, 6.45) is 1.01. The molecule has 0 radical (unpaired) electrons. The lowest BCUT2D eigenvalue weighted by Crippen LogP contribution is -2.46. The molecule has 0 bridgehead atoms. The summed E-state index contributed by atoms with van der Waals surface area (Å²) >= 11 is 0. The number of piperidine rings is 1. The van der Waals surface area contributed by atoms with Gasteiger partial charge in [0.2, 0.25) is 0 Å². The summed E-state index contributed by atoms with van der Waals surface area (Å²) in [7, 11) is 0. The number of para-hydroxylation sites is 1. The number of likely N-dealkylation sites (tertiary alicyclic amines) is 1. The van der Waals surface area contributed by atoms with Gasteiger partial charge in [-0.2, -0.15) is 0 Å². The Bertz CT molecular complexity index is 929. The van der Waals surface area contributed by atoms with Crippen molar-refractivity contribution in [3.05, 3.63) is 60.2 Å². The molecule has 31 heavy (non-hydrogen) atoms. The van der Waals surface area contributed by atoms with E-state index in [4.69, 9.17) is 4.74 Å². The van der Waals surface area contributed by atoms with Crippen molar-refractivity contribution in [2.45, 2.75) is 38.2 Å². The van der Waals surface area contributed by atoms with Crippen molar-refractivity contribution in [1.29, 1.82) is 0 Å². The molecule has 1 aliphatic carbocycles. The van der Waals surface area contributed by atoms with E-state index in [-0.39, 0.29) is 11.5 Å². The highest BCUT2D eigenvalue weighted by Gasteiger charge is 2.62. The van der Waals surface area contributed by atoms with Crippen molar-refractivity contribution in [2.75, 3.05) is 49.1 Å². The first-order valence-electron chi connectivity index (χ1n) is 11.5. The highest BCUT2D eigenvalue weighted by molar-refractivity contribution is 5.70. The molecule has 5 nitrogen and oxygen atoms in total. The molecule has 5 heteroatoms. The Kier molecular flexibility index (Phi) is 4.87. The van der Waals surface area contributed by atoms with Crippen molar-refractivity contribution in [1.82, 2.24) is 4.90 Å². The highest BCUT2D eigenvalue weighted by Crippen LogP contribution is 2.59. The van der Waals surface area contributed by atoms with Crippen LogP contribution in [-0.2, 0) is 10.2 Å². The van der Waals surface area contributed by atoms with Gasteiger partial charge in [-0.05, 0) is 62.9 Å². The van der Waals surface area contributed by atoms with Crippen LogP contribution in [-0.4, -0.2) is 55.9 Å². The number of ether oxygens (including phenoxy) is 1. The van der Waals surface area contributed by atoms with Crippen molar-refractivity contribution >= 4 is 17.5 Å². The first-order chi connectivity index (χ1) is 14.8. The number of fused-ring (bicyclic) bond motifs is 1.